The Hall–Kier alpha value is -3.08. The first kappa shape index (κ1) is 24.6. The number of hydrogen-bond acceptors (Lipinski definition) is 6. The molecule has 1 aliphatic carbocycles. The number of benzene rings is 2. The lowest BCUT2D eigenvalue weighted by Gasteiger charge is -2.28. The zero-order chi connectivity index (χ0) is 24.0. The Kier molecular flexibility index (Phi) is 8.32. The molecular weight excluding hydrogens is 434 g/mol. The van der Waals surface area contributed by atoms with Crippen molar-refractivity contribution in [2.75, 3.05) is 13.7 Å². The fourth-order valence-electron chi connectivity index (χ4n) is 3.98. The average Bonchev–Trinajstić information content (AvgIpc) is 2.82. The largest absolute Gasteiger partial charge is 0.490 e. The molecule has 0 radical (unpaired) electrons. The Labute approximate surface area is 199 Å². The van der Waals surface area contributed by atoms with Gasteiger partial charge in [-0.05, 0) is 61.9 Å². The molecule has 1 unspecified atom stereocenters. The van der Waals surface area contributed by atoms with E-state index in [9.17, 15) is 10.1 Å². The minimum atomic E-state index is -0.519. The second-order valence-corrected chi connectivity index (χ2v) is 9.17. The highest BCUT2D eigenvalue weighted by atomic mass is 32.2. The maximum atomic E-state index is 11.8. The summed E-state index contributed by atoms with van der Waals surface area (Å²) in [5, 5.41) is 22.4. The number of aliphatic hydroxyl groups excluding tert-OH is 1. The van der Waals surface area contributed by atoms with Gasteiger partial charge >= 0.3 is 0 Å². The molecule has 0 bridgehead atoms. The summed E-state index contributed by atoms with van der Waals surface area (Å²) in [4.78, 5) is 17.1. The fourth-order valence-corrected chi connectivity index (χ4v) is 4.85. The van der Waals surface area contributed by atoms with Gasteiger partial charge in [-0.2, -0.15) is 5.26 Å². The Bertz CT molecular complexity index is 1120. The van der Waals surface area contributed by atoms with Crippen LogP contribution < -0.4 is 10.1 Å². The molecule has 0 saturated carbocycles. The van der Waals surface area contributed by atoms with Gasteiger partial charge in [0.15, 0.2) is 0 Å². The van der Waals surface area contributed by atoms with Crippen LogP contribution in [0, 0.1) is 11.3 Å². The molecule has 6 nitrogen and oxygen atoms in total. The van der Waals surface area contributed by atoms with E-state index >= 15 is 0 Å². The third kappa shape index (κ3) is 5.84. The van der Waals surface area contributed by atoms with Crippen molar-refractivity contribution in [1.82, 2.24) is 5.32 Å². The fraction of sp³-hybridized carbons (Fsp3) is 0.346. The molecular formula is C26H29N3O3S. The van der Waals surface area contributed by atoms with Gasteiger partial charge in [0.2, 0.25) is 5.91 Å². The molecule has 1 atom stereocenters. The molecule has 0 saturated heterocycles. The van der Waals surface area contributed by atoms with Crippen LogP contribution in [-0.4, -0.2) is 35.8 Å². The summed E-state index contributed by atoms with van der Waals surface area (Å²) < 4.78 is 5.72. The van der Waals surface area contributed by atoms with Crippen LogP contribution in [-0.2, 0) is 11.2 Å². The van der Waals surface area contributed by atoms with E-state index in [0.717, 1.165) is 51.5 Å². The lowest BCUT2D eigenvalue weighted by molar-refractivity contribution is -0.124. The number of rotatable bonds is 7. The number of aliphatic hydroxyl groups is 1. The lowest BCUT2D eigenvalue weighted by Crippen LogP contribution is -2.33. The number of amides is 1. The molecule has 0 aliphatic heterocycles. The molecule has 0 fully saturated rings. The van der Waals surface area contributed by atoms with Gasteiger partial charge in [0.25, 0.3) is 0 Å². The highest BCUT2D eigenvalue weighted by Gasteiger charge is 2.25. The second kappa shape index (κ2) is 11.2. The van der Waals surface area contributed by atoms with E-state index in [2.05, 4.69) is 23.0 Å². The van der Waals surface area contributed by atoms with Crippen LogP contribution in [0.3, 0.4) is 0 Å². The van der Waals surface area contributed by atoms with Crippen molar-refractivity contribution >= 4 is 27.6 Å². The molecule has 0 heterocycles. The van der Waals surface area contributed by atoms with Gasteiger partial charge in [-0.15, -0.1) is 0 Å². The Morgan fingerprint density at radius 2 is 2.18 bits per heavy atom. The third-order valence-electron chi connectivity index (χ3n) is 5.42. The number of nitrogens with zero attached hydrogens (tertiary/aromatic N) is 2. The molecule has 2 aromatic carbocycles. The number of aliphatic imine (C=N–C) groups is 1. The SMILES string of the molecule is C=C(S/C(=N\C)c1cccc2c1CCCC2NC(=O)CO)c1ccc(OC(C)C)c(C#N)c1. The van der Waals surface area contributed by atoms with Crippen molar-refractivity contribution < 1.29 is 14.6 Å². The minimum absolute atomic E-state index is 0.0189. The number of carbonyl (C=O) groups is 1. The normalized spacial score (nSPS) is 15.5. The highest BCUT2D eigenvalue weighted by molar-refractivity contribution is 8.22. The van der Waals surface area contributed by atoms with Gasteiger partial charge in [-0.1, -0.05) is 42.6 Å². The summed E-state index contributed by atoms with van der Waals surface area (Å²) in [6, 6.07) is 13.6. The predicted molar refractivity (Wildman–Crippen MR) is 133 cm³/mol. The summed E-state index contributed by atoms with van der Waals surface area (Å²) in [6.07, 6.45) is 2.64. The summed E-state index contributed by atoms with van der Waals surface area (Å²) in [5.74, 6) is 0.190. The molecule has 172 valence electrons. The molecule has 7 heteroatoms. The van der Waals surface area contributed by atoms with Crippen LogP contribution >= 0.6 is 11.8 Å². The van der Waals surface area contributed by atoms with Crippen molar-refractivity contribution in [3.63, 3.8) is 0 Å². The van der Waals surface area contributed by atoms with Crippen LogP contribution in [0.4, 0.5) is 0 Å². The van der Waals surface area contributed by atoms with Crippen LogP contribution in [0.15, 0.2) is 48.0 Å². The van der Waals surface area contributed by atoms with Crippen LogP contribution in [0.25, 0.3) is 4.91 Å². The number of fused-ring (bicyclic) bond motifs is 1. The second-order valence-electron chi connectivity index (χ2n) is 8.09. The first-order valence-electron chi connectivity index (χ1n) is 10.9. The first-order chi connectivity index (χ1) is 15.9. The van der Waals surface area contributed by atoms with E-state index < -0.39 is 6.61 Å². The molecule has 1 amide bonds. The van der Waals surface area contributed by atoms with Gasteiger partial charge in [0.1, 0.15) is 23.5 Å². The first-order valence-corrected chi connectivity index (χ1v) is 11.8. The van der Waals surface area contributed by atoms with Gasteiger partial charge in [-0.25, -0.2) is 0 Å². The Morgan fingerprint density at radius 1 is 1.39 bits per heavy atom. The molecule has 2 aromatic rings. The van der Waals surface area contributed by atoms with E-state index in [4.69, 9.17) is 9.84 Å². The molecule has 2 N–H and O–H groups in total. The quantitative estimate of drug-likeness (QED) is 0.462. The summed E-state index contributed by atoms with van der Waals surface area (Å²) in [7, 11) is 1.75. The minimum Gasteiger partial charge on any atom is -0.490 e. The summed E-state index contributed by atoms with van der Waals surface area (Å²) in [5.41, 5.74) is 4.55. The molecule has 1 aliphatic rings. The summed E-state index contributed by atoms with van der Waals surface area (Å²) >= 11 is 1.46. The van der Waals surface area contributed by atoms with Crippen molar-refractivity contribution in [2.24, 2.45) is 4.99 Å². The van der Waals surface area contributed by atoms with Crippen molar-refractivity contribution in [3.05, 3.63) is 70.8 Å². The van der Waals surface area contributed by atoms with Gasteiger partial charge in [0, 0.05) is 17.5 Å². The maximum absolute atomic E-state index is 11.8. The number of thioether (sulfide) groups is 1. The summed E-state index contributed by atoms with van der Waals surface area (Å²) in [6.45, 7) is 7.56. The third-order valence-corrected chi connectivity index (χ3v) is 6.50. The number of nitriles is 1. The zero-order valence-electron chi connectivity index (χ0n) is 19.2. The topological polar surface area (TPSA) is 94.7 Å². The highest BCUT2D eigenvalue weighted by Crippen LogP contribution is 2.37. The van der Waals surface area contributed by atoms with Crippen molar-refractivity contribution in [3.8, 4) is 11.8 Å². The number of nitrogens with one attached hydrogen (secondary N) is 1. The molecule has 33 heavy (non-hydrogen) atoms. The number of hydrogen-bond donors (Lipinski definition) is 2. The van der Waals surface area contributed by atoms with Gasteiger partial charge < -0.3 is 15.2 Å². The number of carbonyl (C=O) groups excluding carboxylic acids is 1. The standard InChI is InChI=1S/C26H29N3O3S/c1-16(2)32-24-12-11-18(13-19(24)14-27)17(3)33-26(28-4)22-9-5-8-21-20(22)7-6-10-23(21)29-25(31)15-30/h5,8-9,11-13,16,23,30H,3,6-7,10,15H2,1-2,4H3,(H,29,31)/b28-26-. The van der Waals surface area contributed by atoms with Gasteiger partial charge in [0.05, 0.1) is 17.7 Å². The maximum Gasteiger partial charge on any atom is 0.246 e. The van der Waals surface area contributed by atoms with E-state index in [1.807, 2.05) is 38.1 Å². The van der Waals surface area contributed by atoms with E-state index in [1.54, 1.807) is 19.2 Å². The monoisotopic (exact) mass is 463 g/mol. The Balaban J connectivity index is 1.87. The zero-order valence-corrected chi connectivity index (χ0v) is 20.0. The number of ether oxygens (including phenoxy) is 1. The van der Waals surface area contributed by atoms with E-state index in [-0.39, 0.29) is 18.1 Å². The molecule has 0 spiro atoms. The van der Waals surface area contributed by atoms with Gasteiger partial charge in [-0.3, -0.25) is 9.79 Å². The molecule has 0 aromatic heterocycles. The molecule has 3 rings (SSSR count). The van der Waals surface area contributed by atoms with Crippen LogP contribution in [0.5, 0.6) is 5.75 Å². The van der Waals surface area contributed by atoms with E-state index in [1.165, 1.54) is 11.8 Å². The predicted octanol–water partition coefficient (Wildman–Crippen LogP) is 4.61. The van der Waals surface area contributed by atoms with Crippen LogP contribution in [0.2, 0.25) is 0 Å². The van der Waals surface area contributed by atoms with Crippen LogP contribution in [0.1, 0.15) is 60.5 Å². The average molecular weight is 464 g/mol. The Morgan fingerprint density at radius 3 is 2.85 bits per heavy atom. The van der Waals surface area contributed by atoms with Crippen molar-refractivity contribution in [2.45, 2.75) is 45.3 Å². The lowest BCUT2D eigenvalue weighted by atomic mass is 9.85. The van der Waals surface area contributed by atoms with E-state index in [0.29, 0.717) is 11.3 Å². The smallest absolute Gasteiger partial charge is 0.246 e. The van der Waals surface area contributed by atoms with Crippen molar-refractivity contribution in [1.29, 1.82) is 5.26 Å².